The van der Waals surface area contributed by atoms with Crippen LogP contribution in [0.4, 0.5) is 22.0 Å². The summed E-state index contributed by atoms with van der Waals surface area (Å²) in [6.07, 6.45) is 1.79. The fraction of sp³-hybridized carbons (Fsp3) is 0.400. The maximum Gasteiger partial charge on any atom is 0.414 e. The monoisotopic (exact) mass is 379 g/mol. The highest BCUT2D eigenvalue weighted by Crippen LogP contribution is 2.39. The molecular weight excluding hydrogens is 358 g/mol. The number of fused-ring (bicyclic) bond motifs is 1. The SMILES string of the molecule is CC(C)C1COC(=O)N1c1cc(N)c2cnc(NC(=O)C3CC3C#N)cc2c1. The predicted molar refractivity (Wildman–Crippen MR) is 104 cm³/mol. The first-order valence-electron chi connectivity index (χ1n) is 9.24. The smallest absolute Gasteiger partial charge is 0.414 e. The minimum Gasteiger partial charge on any atom is -0.447 e. The number of hydrogen-bond donors (Lipinski definition) is 2. The van der Waals surface area contributed by atoms with Crippen LogP contribution in [0, 0.1) is 29.1 Å². The highest BCUT2D eigenvalue weighted by molar-refractivity contribution is 6.02. The van der Waals surface area contributed by atoms with Crippen molar-refractivity contribution in [1.82, 2.24) is 4.98 Å². The first-order valence-corrected chi connectivity index (χ1v) is 9.24. The molecule has 1 saturated carbocycles. The fourth-order valence-corrected chi connectivity index (χ4v) is 3.55. The third-order valence-electron chi connectivity index (χ3n) is 5.35. The zero-order chi connectivity index (χ0) is 20.0. The molecule has 2 fully saturated rings. The first-order chi connectivity index (χ1) is 13.4. The number of cyclic esters (lactones) is 1. The summed E-state index contributed by atoms with van der Waals surface area (Å²) in [5.41, 5.74) is 7.34. The third-order valence-corrected chi connectivity index (χ3v) is 5.35. The average Bonchev–Trinajstić information content (AvgIpc) is 3.35. The minimum atomic E-state index is -0.392. The molecule has 2 aromatic rings. The van der Waals surface area contributed by atoms with Crippen LogP contribution in [0.5, 0.6) is 0 Å². The van der Waals surface area contributed by atoms with Gasteiger partial charge in [-0.25, -0.2) is 9.78 Å². The van der Waals surface area contributed by atoms with Gasteiger partial charge in [0.15, 0.2) is 0 Å². The summed E-state index contributed by atoms with van der Waals surface area (Å²) < 4.78 is 5.23. The largest absolute Gasteiger partial charge is 0.447 e. The van der Waals surface area contributed by atoms with Crippen molar-refractivity contribution in [3.63, 3.8) is 0 Å². The number of anilines is 3. The number of aromatic nitrogens is 1. The van der Waals surface area contributed by atoms with E-state index in [1.165, 1.54) is 0 Å². The number of pyridine rings is 1. The second kappa shape index (κ2) is 6.68. The second-order valence-electron chi connectivity index (χ2n) is 7.65. The van der Waals surface area contributed by atoms with Crippen LogP contribution in [0.3, 0.4) is 0 Å². The van der Waals surface area contributed by atoms with E-state index in [1.807, 2.05) is 19.9 Å². The molecule has 3 unspecified atom stereocenters. The van der Waals surface area contributed by atoms with Crippen LogP contribution < -0.4 is 16.0 Å². The Hall–Kier alpha value is -3.34. The zero-order valence-electron chi connectivity index (χ0n) is 15.7. The van der Waals surface area contributed by atoms with Crippen molar-refractivity contribution in [3.05, 3.63) is 24.4 Å². The number of ether oxygens (including phenoxy) is 1. The molecule has 3 N–H and O–H groups in total. The first kappa shape index (κ1) is 18.0. The number of benzene rings is 1. The molecule has 0 spiro atoms. The van der Waals surface area contributed by atoms with Crippen LogP contribution >= 0.6 is 0 Å². The summed E-state index contributed by atoms with van der Waals surface area (Å²) in [5.74, 6) is -0.0724. The number of nitriles is 1. The van der Waals surface area contributed by atoms with Gasteiger partial charge in [0.05, 0.1) is 29.6 Å². The van der Waals surface area contributed by atoms with Crippen LogP contribution in [0.1, 0.15) is 20.3 Å². The molecule has 0 bridgehead atoms. The molecule has 1 aliphatic carbocycles. The predicted octanol–water partition coefficient (Wildman–Crippen LogP) is 2.90. The highest BCUT2D eigenvalue weighted by atomic mass is 16.6. The number of carbonyl (C=O) groups is 2. The summed E-state index contributed by atoms with van der Waals surface area (Å²) in [5, 5.41) is 13.1. The minimum absolute atomic E-state index is 0.0665. The van der Waals surface area contributed by atoms with Crippen molar-refractivity contribution in [3.8, 4) is 6.07 Å². The van der Waals surface area contributed by atoms with E-state index in [2.05, 4.69) is 16.4 Å². The van der Waals surface area contributed by atoms with Crippen molar-refractivity contribution in [2.24, 2.45) is 17.8 Å². The van der Waals surface area contributed by atoms with Gasteiger partial charge in [0.25, 0.3) is 0 Å². The molecule has 3 atom stereocenters. The molecule has 2 aliphatic rings. The summed E-state index contributed by atoms with van der Waals surface area (Å²) in [6.45, 7) is 4.41. The van der Waals surface area contributed by atoms with Gasteiger partial charge in [-0.2, -0.15) is 5.26 Å². The molecule has 0 radical (unpaired) electrons. The van der Waals surface area contributed by atoms with Crippen LogP contribution in [0.2, 0.25) is 0 Å². The van der Waals surface area contributed by atoms with Gasteiger partial charge in [-0.1, -0.05) is 13.8 Å². The van der Waals surface area contributed by atoms with Gasteiger partial charge in [-0.15, -0.1) is 0 Å². The molecule has 2 amide bonds. The standard InChI is InChI=1S/C20H21N5O3/c1-10(2)17-9-28-20(27)25(17)13-3-11-5-18(23-8-15(11)16(22)6-13)24-19(26)14-4-12(14)7-21/h3,5-6,8,10,12,14,17H,4,9,22H2,1-2H3,(H,23,24,26). The van der Waals surface area contributed by atoms with Crippen LogP contribution in [-0.4, -0.2) is 29.6 Å². The highest BCUT2D eigenvalue weighted by Gasteiger charge is 2.43. The van der Waals surface area contributed by atoms with E-state index in [9.17, 15) is 9.59 Å². The van der Waals surface area contributed by atoms with Gasteiger partial charge < -0.3 is 15.8 Å². The Bertz CT molecular complexity index is 1010. The average molecular weight is 379 g/mol. The van der Waals surface area contributed by atoms with E-state index >= 15 is 0 Å². The molecule has 2 heterocycles. The van der Waals surface area contributed by atoms with Crippen molar-refractivity contribution < 1.29 is 14.3 Å². The topological polar surface area (TPSA) is 121 Å². The summed E-state index contributed by atoms with van der Waals surface area (Å²) in [7, 11) is 0. The van der Waals surface area contributed by atoms with Crippen molar-refractivity contribution in [1.29, 1.82) is 5.26 Å². The van der Waals surface area contributed by atoms with Gasteiger partial charge in [-0.3, -0.25) is 9.69 Å². The molecule has 1 aromatic carbocycles. The molecule has 8 nitrogen and oxygen atoms in total. The molecule has 144 valence electrons. The fourth-order valence-electron chi connectivity index (χ4n) is 3.55. The van der Waals surface area contributed by atoms with Crippen molar-refractivity contribution in [2.75, 3.05) is 22.6 Å². The number of rotatable bonds is 4. The molecule has 1 aromatic heterocycles. The molecular formula is C20H21N5O3. The van der Waals surface area contributed by atoms with Crippen molar-refractivity contribution in [2.45, 2.75) is 26.3 Å². The summed E-state index contributed by atoms with van der Waals surface area (Å²) in [6, 6.07) is 7.35. The van der Waals surface area contributed by atoms with Gasteiger partial charge >= 0.3 is 6.09 Å². The van der Waals surface area contributed by atoms with Gasteiger partial charge in [0.1, 0.15) is 12.4 Å². The number of nitrogens with two attached hydrogens (primary N) is 1. The second-order valence-corrected chi connectivity index (χ2v) is 7.65. The third kappa shape index (κ3) is 3.09. The number of carbonyl (C=O) groups excluding carboxylic acids is 2. The molecule has 1 saturated heterocycles. The Morgan fingerprint density at radius 3 is 2.89 bits per heavy atom. The maximum atomic E-state index is 12.3. The Morgan fingerprint density at radius 2 is 2.21 bits per heavy atom. The molecule has 1 aliphatic heterocycles. The van der Waals surface area contributed by atoms with E-state index in [0.717, 1.165) is 10.8 Å². The number of nitrogen functional groups attached to an aromatic ring is 1. The Morgan fingerprint density at radius 1 is 1.43 bits per heavy atom. The van der Waals surface area contributed by atoms with E-state index in [-0.39, 0.29) is 29.7 Å². The van der Waals surface area contributed by atoms with E-state index in [1.54, 1.807) is 23.2 Å². The lowest BCUT2D eigenvalue weighted by Gasteiger charge is -2.25. The summed E-state index contributed by atoms with van der Waals surface area (Å²) in [4.78, 5) is 30.3. The van der Waals surface area contributed by atoms with Crippen LogP contribution in [0.25, 0.3) is 10.8 Å². The zero-order valence-corrected chi connectivity index (χ0v) is 15.7. The maximum absolute atomic E-state index is 12.3. The van der Waals surface area contributed by atoms with Gasteiger partial charge in [-0.05, 0) is 35.9 Å². The lowest BCUT2D eigenvalue weighted by molar-refractivity contribution is -0.117. The van der Waals surface area contributed by atoms with Gasteiger partial charge in [0.2, 0.25) is 5.91 Å². The number of amides is 2. The molecule has 8 heteroatoms. The Balaban J connectivity index is 1.66. The van der Waals surface area contributed by atoms with Gasteiger partial charge in [0, 0.05) is 17.3 Å². The van der Waals surface area contributed by atoms with E-state index in [4.69, 9.17) is 15.7 Å². The number of hydrogen-bond acceptors (Lipinski definition) is 6. The van der Waals surface area contributed by atoms with Crippen LogP contribution in [-0.2, 0) is 9.53 Å². The number of nitrogens with zero attached hydrogens (tertiary/aromatic N) is 3. The van der Waals surface area contributed by atoms with E-state index < -0.39 is 6.09 Å². The lowest BCUT2D eigenvalue weighted by atomic mass is 10.0. The van der Waals surface area contributed by atoms with Crippen LogP contribution in [0.15, 0.2) is 24.4 Å². The normalized spacial score (nSPS) is 23.6. The van der Waals surface area contributed by atoms with E-state index in [0.29, 0.717) is 30.2 Å². The Labute approximate surface area is 162 Å². The van der Waals surface area contributed by atoms with Crippen molar-refractivity contribution >= 4 is 40.0 Å². The lowest BCUT2D eigenvalue weighted by Crippen LogP contribution is -2.37. The molecule has 4 rings (SSSR count). The Kier molecular flexibility index (Phi) is 4.30. The quantitative estimate of drug-likeness (QED) is 0.788. The molecule has 28 heavy (non-hydrogen) atoms. The summed E-state index contributed by atoms with van der Waals surface area (Å²) >= 11 is 0. The number of nitrogens with one attached hydrogen (secondary N) is 1.